The first-order chi connectivity index (χ1) is 13.6. The SMILES string of the molecule is C=CCN(CC(O)COc1ccccc1)CC1CC(c2ccc(Cl)cc2)=NO1. The zero-order valence-electron chi connectivity index (χ0n) is 15.7. The van der Waals surface area contributed by atoms with Gasteiger partial charge in [-0.25, -0.2) is 0 Å². The number of benzene rings is 2. The first-order valence-electron chi connectivity index (χ1n) is 9.32. The van der Waals surface area contributed by atoms with Crippen LogP contribution in [0.5, 0.6) is 5.75 Å². The van der Waals surface area contributed by atoms with Gasteiger partial charge in [-0.1, -0.05) is 53.2 Å². The van der Waals surface area contributed by atoms with E-state index in [9.17, 15) is 5.11 Å². The Hall–Kier alpha value is -2.34. The number of ether oxygens (including phenoxy) is 1. The second kappa shape index (κ2) is 10.3. The van der Waals surface area contributed by atoms with E-state index in [2.05, 4.69) is 16.6 Å². The van der Waals surface area contributed by atoms with Crippen LogP contribution in [0, 0.1) is 0 Å². The van der Waals surface area contributed by atoms with Gasteiger partial charge in [0.05, 0.1) is 5.71 Å². The van der Waals surface area contributed by atoms with E-state index in [4.69, 9.17) is 21.2 Å². The molecule has 3 rings (SSSR count). The lowest BCUT2D eigenvalue weighted by Crippen LogP contribution is -2.40. The van der Waals surface area contributed by atoms with Crippen LogP contribution in [0.4, 0.5) is 0 Å². The molecule has 1 heterocycles. The van der Waals surface area contributed by atoms with E-state index in [1.807, 2.05) is 60.7 Å². The molecule has 0 spiro atoms. The van der Waals surface area contributed by atoms with Crippen molar-refractivity contribution in [2.24, 2.45) is 5.16 Å². The summed E-state index contributed by atoms with van der Waals surface area (Å²) in [6, 6.07) is 17.1. The van der Waals surface area contributed by atoms with Crippen LogP contribution in [0.3, 0.4) is 0 Å². The lowest BCUT2D eigenvalue weighted by atomic mass is 10.0. The molecule has 148 valence electrons. The van der Waals surface area contributed by atoms with Crippen molar-refractivity contribution in [3.05, 3.63) is 77.8 Å². The molecular weight excluding hydrogens is 376 g/mol. The molecule has 1 aliphatic heterocycles. The lowest BCUT2D eigenvalue weighted by Gasteiger charge is -2.25. The van der Waals surface area contributed by atoms with Crippen molar-refractivity contribution in [2.75, 3.05) is 26.2 Å². The number of hydrogen-bond acceptors (Lipinski definition) is 5. The topological polar surface area (TPSA) is 54.3 Å². The molecule has 28 heavy (non-hydrogen) atoms. The highest BCUT2D eigenvalue weighted by Crippen LogP contribution is 2.19. The average Bonchev–Trinajstić information content (AvgIpc) is 3.16. The van der Waals surface area contributed by atoms with E-state index in [0.717, 1.165) is 17.0 Å². The largest absolute Gasteiger partial charge is 0.491 e. The number of nitrogens with zero attached hydrogens (tertiary/aromatic N) is 2. The zero-order chi connectivity index (χ0) is 19.8. The summed E-state index contributed by atoms with van der Waals surface area (Å²) >= 11 is 5.94. The summed E-state index contributed by atoms with van der Waals surface area (Å²) in [5.41, 5.74) is 1.92. The summed E-state index contributed by atoms with van der Waals surface area (Å²) in [5.74, 6) is 0.747. The quantitative estimate of drug-likeness (QED) is 0.617. The molecule has 0 aromatic heterocycles. The Labute approximate surface area is 170 Å². The third kappa shape index (κ3) is 6.09. The van der Waals surface area contributed by atoms with Crippen molar-refractivity contribution < 1.29 is 14.7 Å². The van der Waals surface area contributed by atoms with Crippen LogP contribution in [-0.2, 0) is 4.84 Å². The van der Waals surface area contributed by atoms with Gasteiger partial charge in [0.25, 0.3) is 0 Å². The van der Waals surface area contributed by atoms with Gasteiger partial charge in [-0.2, -0.15) is 0 Å². The second-order valence-electron chi connectivity index (χ2n) is 6.76. The molecule has 0 amide bonds. The summed E-state index contributed by atoms with van der Waals surface area (Å²) < 4.78 is 5.63. The molecule has 2 aromatic rings. The molecule has 0 bridgehead atoms. The number of aliphatic hydroxyl groups excluding tert-OH is 1. The van der Waals surface area contributed by atoms with Crippen molar-refractivity contribution in [3.8, 4) is 5.75 Å². The summed E-state index contributed by atoms with van der Waals surface area (Å²) in [6.45, 7) is 5.81. The van der Waals surface area contributed by atoms with E-state index >= 15 is 0 Å². The fraction of sp³-hybridized carbons (Fsp3) is 0.318. The predicted molar refractivity (Wildman–Crippen MR) is 112 cm³/mol. The Morgan fingerprint density at radius 3 is 2.71 bits per heavy atom. The molecule has 0 radical (unpaired) electrons. The molecule has 2 unspecified atom stereocenters. The van der Waals surface area contributed by atoms with E-state index in [0.29, 0.717) is 31.1 Å². The molecule has 0 fully saturated rings. The molecule has 0 saturated heterocycles. The number of halogens is 1. The smallest absolute Gasteiger partial charge is 0.145 e. The minimum Gasteiger partial charge on any atom is -0.491 e. The van der Waals surface area contributed by atoms with Gasteiger partial charge in [0.2, 0.25) is 0 Å². The maximum absolute atomic E-state index is 10.4. The minimum absolute atomic E-state index is 0.0622. The van der Waals surface area contributed by atoms with Crippen LogP contribution >= 0.6 is 11.6 Å². The van der Waals surface area contributed by atoms with Gasteiger partial charge in [0, 0.05) is 31.1 Å². The first kappa shape index (κ1) is 20.4. The molecule has 1 N–H and O–H groups in total. The number of oxime groups is 1. The number of para-hydroxylation sites is 1. The van der Waals surface area contributed by atoms with E-state index in [1.54, 1.807) is 0 Å². The van der Waals surface area contributed by atoms with E-state index in [-0.39, 0.29) is 12.7 Å². The Morgan fingerprint density at radius 1 is 1.25 bits per heavy atom. The Bertz CT molecular complexity index is 780. The average molecular weight is 401 g/mol. The Morgan fingerprint density at radius 2 is 2.00 bits per heavy atom. The maximum Gasteiger partial charge on any atom is 0.145 e. The first-order valence-corrected chi connectivity index (χ1v) is 9.69. The summed E-state index contributed by atoms with van der Waals surface area (Å²) in [4.78, 5) is 7.70. The summed E-state index contributed by atoms with van der Waals surface area (Å²) in [6.07, 6.45) is 1.86. The van der Waals surface area contributed by atoms with Gasteiger partial charge < -0.3 is 14.7 Å². The molecule has 2 atom stereocenters. The minimum atomic E-state index is -0.613. The van der Waals surface area contributed by atoms with Crippen molar-refractivity contribution in [2.45, 2.75) is 18.6 Å². The zero-order valence-corrected chi connectivity index (χ0v) is 16.5. The molecule has 6 heteroatoms. The van der Waals surface area contributed by atoms with E-state index in [1.165, 1.54) is 0 Å². The lowest BCUT2D eigenvalue weighted by molar-refractivity contribution is 0.0283. The van der Waals surface area contributed by atoms with E-state index < -0.39 is 6.10 Å². The monoisotopic (exact) mass is 400 g/mol. The number of aliphatic hydroxyl groups is 1. The van der Waals surface area contributed by atoms with Gasteiger partial charge in [-0.15, -0.1) is 6.58 Å². The highest BCUT2D eigenvalue weighted by molar-refractivity contribution is 6.30. The fourth-order valence-electron chi connectivity index (χ4n) is 3.09. The number of rotatable bonds is 10. The van der Waals surface area contributed by atoms with Crippen LogP contribution in [0.1, 0.15) is 12.0 Å². The third-order valence-corrected chi connectivity index (χ3v) is 4.67. The van der Waals surface area contributed by atoms with Gasteiger partial charge in [0.1, 0.15) is 24.6 Å². The van der Waals surface area contributed by atoms with Crippen molar-refractivity contribution in [3.63, 3.8) is 0 Å². The third-order valence-electron chi connectivity index (χ3n) is 4.41. The van der Waals surface area contributed by atoms with Gasteiger partial charge in [-0.05, 0) is 29.8 Å². The summed E-state index contributed by atoms with van der Waals surface area (Å²) in [5, 5.41) is 15.3. The molecule has 1 aliphatic rings. The van der Waals surface area contributed by atoms with Crippen LogP contribution in [0.15, 0.2) is 72.4 Å². The fourth-order valence-corrected chi connectivity index (χ4v) is 3.22. The van der Waals surface area contributed by atoms with Gasteiger partial charge in [-0.3, -0.25) is 4.90 Å². The maximum atomic E-state index is 10.4. The highest BCUT2D eigenvalue weighted by atomic mass is 35.5. The van der Waals surface area contributed by atoms with Crippen LogP contribution < -0.4 is 4.74 Å². The normalized spacial score (nSPS) is 17.1. The van der Waals surface area contributed by atoms with Gasteiger partial charge in [0.15, 0.2) is 0 Å². The van der Waals surface area contributed by atoms with Gasteiger partial charge >= 0.3 is 0 Å². The highest BCUT2D eigenvalue weighted by Gasteiger charge is 2.25. The summed E-state index contributed by atoms with van der Waals surface area (Å²) in [7, 11) is 0. The predicted octanol–water partition coefficient (Wildman–Crippen LogP) is 3.76. The Kier molecular flexibility index (Phi) is 7.48. The second-order valence-corrected chi connectivity index (χ2v) is 7.20. The molecular formula is C22H25ClN2O3. The molecule has 0 aliphatic carbocycles. The van der Waals surface area contributed by atoms with Crippen LogP contribution in [-0.4, -0.2) is 54.2 Å². The van der Waals surface area contributed by atoms with Crippen LogP contribution in [0.2, 0.25) is 5.02 Å². The van der Waals surface area contributed by atoms with Crippen molar-refractivity contribution >= 4 is 17.3 Å². The standard InChI is InChI=1S/C22H25ClN2O3/c1-2-12-25(14-19(26)16-27-20-6-4-3-5-7-20)15-21-13-22(24-28-21)17-8-10-18(23)11-9-17/h2-11,19,21,26H,1,12-16H2. The number of hydrogen-bond donors (Lipinski definition) is 1. The molecule has 2 aromatic carbocycles. The molecule has 0 saturated carbocycles. The van der Waals surface area contributed by atoms with Crippen molar-refractivity contribution in [1.82, 2.24) is 4.90 Å². The van der Waals surface area contributed by atoms with Crippen molar-refractivity contribution in [1.29, 1.82) is 0 Å². The Balaban J connectivity index is 1.48. The van der Waals surface area contributed by atoms with Crippen LogP contribution in [0.25, 0.3) is 0 Å². The molecule has 5 nitrogen and oxygen atoms in total.